The second-order valence-electron chi connectivity index (χ2n) is 11.0. The molecule has 2 aromatic rings. The van der Waals surface area contributed by atoms with Crippen molar-refractivity contribution in [2.75, 3.05) is 26.8 Å². The van der Waals surface area contributed by atoms with E-state index in [0.717, 1.165) is 75.6 Å². The number of aromatic nitrogens is 3. The Balaban J connectivity index is 1.46. The molecule has 0 unspecified atom stereocenters. The highest BCUT2D eigenvalue weighted by atomic mass is 16.5. The first-order valence-corrected chi connectivity index (χ1v) is 14.3. The first-order valence-electron chi connectivity index (χ1n) is 14.3. The lowest BCUT2D eigenvalue weighted by Crippen LogP contribution is -2.41. The van der Waals surface area contributed by atoms with Gasteiger partial charge in [0.05, 0.1) is 42.2 Å². The lowest BCUT2D eigenvalue weighted by molar-refractivity contribution is -0.127. The molecule has 2 aromatic heterocycles. The molecule has 0 bridgehead atoms. The molecule has 0 aromatic carbocycles. The van der Waals surface area contributed by atoms with Crippen LogP contribution in [0.4, 0.5) is 0 Å². The molecular formula is C29H40N6O4. The number of hydrogen-bond donors (Lipinski definition) is 2. The summed E-state index contributed by atoms with van der Waals surface area (Å²) in [6.45, 7) is 4.28. The van der Waals surface area contributed by atoms with Gasteiger partial charge in [-0.05, 0) is 78.0 Å². The lowest BCUT2D eigenvalue weighted by atomic mass is 9.64. The summed E-state index contributed by atoms with van der Waals surface area (Å²) in [5.74, 6) is 1.59. The van der Waals surface area contributed by atoms with E-state index in [1.165, 1.54) is 0 Å². The second kappa shape index (κ2) is 12.4. The summed E-state index contributed by atoms with van der Waals surface area (Å²) in [7, 11) is 1.96. The monoisotopic (exact) mass is 536 g/mol. The zero-order valence-electron chi connectivity index (χ0n) is 23.1. The van der Waals surface area contributed by atoms with E-state index < -0.39 is 5.41 Å². The molecule has 10 nitrogen and oxygen atoms in total. The SMILES string of the molecule is CNCCCC[C@H](C)Oc1cc(C(N)=CC=NC2COC2)nc(-c2onc3c2CCC[C@@]32CCCCC2=O)n1. The maximum Gasteiger partial charge on any atom is 0.217 e. The van der Waals surface area contributed by atoms with Gasteiger partial charge in [-0.15, -0.1) is 0 Å². The normalized spacial score (nSPS) is 22.7. The fourth-order valence-electron chi connectivity index (χ4n) is 5.76. The minimum atomic E-state index is -0.535. The number of rotatable bonds is 11. The summed E-state index contributed by atoms with van der Waals surface area (Å²) < 4.78 is 17.3. The Bertz CT molecular complexity index is 1220. The molecule has 2 fully saturated rings. The average Bonchev–Trinajstić information content (AvgIpc) is 3.35. The van der Waals surface area contributed by atoms with Crippen molar-refractivity contribution in [2.24, 2.45) is 10.7 Å². The van der Waals surface area contributed by atoms with E-state index in [1.807, 2.05) is 14.0 Å². The van der Waals surface area contributed by atoms with Crippen LogP contribution in [0.15, 0.2) is 21.7 Å². The van der Waals surface area contributed by atoms with Gasteiger partial charge in [-0.25, -0.2) is 4.98 Å². The maximum atomic E-state index is 13.1. The number of fused-ring (bicyclic) bond motifs is 2. The van der Waals surface area contributed by atoms with Crippen LogP contribution in [0.1, 0.15) is 81.7 Å². The van der Waals surface area contributed by atoms with Crippen LogP contribution in [0.2, 0.25) is 0 Å². The van der Waals surface area contributed by atoms with Gasteiger partial charge in [-0.3, -0.25) is 9.79 Å². The Morgan fingerprint density at radius 1 is 1.26 bits per heavy atom. The number of ketones is 1. The molecule has 5 rings (SSSR count). The zero-order valence-corrected chi connectivity index (χ0v) is 23.1. The number of nitrogens with zero attached hydrogens (tertiary/aromatic N) is 4. The lowest BCUT2D eigenvalue weighted by Gasteiger charge is -2.37. The number of hydrogen-bond acceptors (Lipinski definition) is 10. The van der Waals surface area contributed by atoms with Crippen molar-refractivity contribution in [3.63, 3.8) is 0 Å². The van der Waals surface area contributed by atoms with E-state index in [0.29, 0.717) is 48.5 Å². The summed E-state index contributed by atoms with van der Waals surface area (Å²) in [6.07, 6.45) is 12.3. The molecule has 210 valence electrons. The van der Waals surface area contributed by atoms with Gasteiger partial charge in [0.1, 0.15) is 11.5 Å². The minimum absolute atomic E-state index is 0.0328. The second-order valence-corrected chi connectivity index (χ2v) is 11.0. The van der Waals surface area contributed by atoms with Crippen molar-refractivity contribution in [3.05, 3.63) is 29.1 Å². The Morgan fingerprint density at radius 3 is 2.87 bits per heavy atom. The smallest absolute Gasteiger partial charge is 0.217 e. The number of ether oxygens (including phenoxy) is 2. The molecule has 1 aliphatic heterocycles. The van der Waals surface area contributed by atoms with Crippen molar-refractivity contribution in [1.82, 2.24) is 20.4 Å². The summed E-state index contributed by atoms with van der Waals surface area (Å²) >= 11 is 0. The molecule has 3 N–H and O–H groups in total. The Labute approximate surface area is 229 Å². The summed E-state index contributed by atoms with van der Waals surface area (Å²) in [4.78, 5) is 27.1. The molecule has 1 saturated heterocycles. The molecule has 1 spiro atoms. The summed E-state index contributed by atoms with van der Waals surface area (Å²) in [5.41, 5.74) is 8.59. The Morgan fingerprint density at radius 2 is 2.10 bits per heavy atom. The number of unbranched alkanes of at least 4 members (excludes halogenated alkanes) is 1. The number of nitrogens with one attached hydrogen (secondary N) is 1. The number of nitrogens with two attached hydrogens (primary N) is 1. The number of aliphatic imine (C=N–C) groups is 1. The fraction of sp³-hybridized carbons (Fsp3) is 0.621. The highest BCUT2D eigenvalue weighted by molar-refractivity contribution is 5.91. The molecule has 0 radical (unpaired) electrons. The van der Waals surface area contributed by atoms with Gasteiger partial charge in [0.25, 0.3) is 0 Å². The zero-order chi connectivity index (χ0) is 27.2. The van der Waals surface area contributed by atoms with Gasteiger partial charge >= 0.3 is 0 Å². The molecular weight excluding hydrogens is 496 g/mol. The average molecular weight is 537 g/mol. The van der Waals surface area contributed by atoms with Crippen molar-refractivity contribution in [2.45, 2.75) is 88.7 Å². The molecule has 3 aliphatic rings. The Hall–Kier alpha value is -3.11. The summed E-state index contributed by atoms with van der Waals surface area (Å²) in [5, 5.41) is 7.64. The number of carbonyl (C=O) groups excluding carboxylic acids is 1. The molecule has 2 aliphatic carbocycles. The molecule has 0 amide bonds. The van der Waals surface area contributed by atoms with E-state index >= 15 is 0 Å². The van der Waals surface area contributed by atoms with Crippen molar-refractivity contribution >= 4 is 17.7 Å². The van der Waals surface area contributed by atoms with Crippen LogP contribution in [0.3, 0.4) is 0 Å². The Kier molecular flexibility index (Phi) is 8.72. The third kappa shape index (κ3) is 6.06. The maximum absolute atomic E-state index is 13.1. The van der Waals surface area contributed by atoms with E-state index in [1.54, 1.807) is 18.4 Å². The van der Waals surface area contributed by atoms with E-state index in [9.17, 15) is 4.79 Å². The van der Waals surface area contributed by atoms with E-state index in [4.69, 9.17) is 29.7 Å². The molecule has 39 heavy (non-hydrogen) atoms. The predicted molar refractivity (Wildman–Crippen MR) is 149 cm³/mol. The quantitative estimate of drug-likeness (QED) is 0.325. The topological polar surface area (TPSA) is 138 Å². The third-order valence-corrected chi connectivity index (χ3v) is 8.05. The van der Waals surface area contributed by atoms with Gasteiger partial charge in [0.15, 0.2) is 0 Å². The van der Waals surface area contributed by atoms with Crippen LogP contribution < -0.4 is 15.8 Å². The molecule has 1 saturated carbocycles. The molecule has 2 atom stereocenters. The van der Waals surface area contributed by atoms with Crippen molar-refractivity contribution < 1.29 is 18.8 Å². The van der Waals surface area contributed by atoms with Gasteiger partial charge in [0.2, 0.25) is 17.5 Å². The van der Waals surface area contributed by atoms with Gasteiger partial charge < -0.3 is 25.0 Å². The number of carbonyl (C=O) groups is 1. The van der Waals surface area contributed by atoms with Crippen LogP contribution in [-0.4, -0.2) is 66.1 Å². The van der Waals surface area contributed by atoms with Crippen molar-refractivity contribution in [3.8, 4) is 17.5 Å². The highest BCUT2D eigenvalue weighted by Gasteiger charge is 2.47. The molecule has 3 heterocycles. The highest BCUT2D eigenvalue weighted by Crippen LogP contribution is 2.47. The van der Waals surface area contributed by atoms with E-state index in [-0.39, 0.29) is 17.9 Å². The van der Waals surface area contributed by atoms with Gasteiger partial charge in [0, 0.05) is 24.3 Å². The van der Waals surface area contributed by atoms with Crippen LogP contribution in [0, 0.1) is 0 Å². The summed E-state index contributed by atoms with van der Waals surface area (Å²) in [6, 6.07) is 1.93. The van der Waals surface area contributed by atoms with Gasteiger partial charge in [-0.2, -0.15) is 4.98 Å². The third-order valence-electron chi connectivity index (χ3n) is 8.05. The minimum Gasteiger partial charge on any atom is -0.475 e. The van der Waals surface area contributed by atoms with Crippen LogP contribution >= 0.6 is 0 Å². The largest absolute Gasteiger partial charge is 0.475 e. The van der Waals surface area contributed by atoms with Gasteiger partial charge in [-0.1, -0.05) is 11.6 Å². The van der Waals surface area contributed by atoms with Crippen molar-refractivity contribution in [1.29, 1.82) is 0 Å². The standard InChI is InChI=1S/C29H40N6O4/c1-19(8-4-6-14-31-2)38-25-16-23(22(30)11-15-32-20-17-37-18-20)33-28(34-25)26-21-9-7-13-29(27(21)35-39-26)12-5-3-10-24(29)36/h11,15-16,19-20,31H,3-10,12-14,17-18,30H2,1-2H3/t19-,29+/m0/s1. The van der Waals surface area contributed by atoms with Crippen LogP contribution in [0.25, 0.3) is 17.3 Å². The van der Waals surface area contributed by atoms with E-state index in [2.05, 4.69) is 15.5 Å². The first kappa shape index (κ1) is 27.5. The van der Waals surface area contributed by atoms with Crippen LogP contribution in [-0.2, 0) is 21.4 Å². The number of Topliss-reactive ketones (excluding diaryl/α,β-unsaturated/α-hetero) is 1. The molecule has 10 heteroatoms. The first-order chi connectivity index (χ1) is 19.0. The predicted octanol–water partition coefficient (Wildman–Crippen LogP) is 3.78. The number of allylic oxidation sites excluding steroid dienone is 1. The fourth-order valence-corrected chi connectivity index (χ4v) is 5.76. The van der Waals surface area contributed by atoms with Crippen LogP contribution in [0.5, 0.6) is 5.88 Å².